The quantitative estimate of drug-likeness (QED) is 0.288. The topological polar surface area (TPSA) is 157 Å². The molecular weight excluding hydrogens is 247 g/mol. The highest BCUT2D eigenvalue weighted by molar-refractivity contribution is 7.46. The van der Waals surface area contributed by atoms with Crippen molar-refractivity contribution in [3.05, 3.63) is 0 Å². The highest BCUT2D eigenvalue weighted by atomic mass is 31.2. The van der Waals surface area contributed by atoms with Crippen LogP contribution in [0, 0.1) is 0 Å². The molecule has 0 bridgehead atoms. The Labute approximate surface area is 90.1 Å². The van der Waals surface area contributed by atoms with Crippen molar-refractivity contribution < 1.29 is 44.0 Å². The molecule has 0 aromatic rings. The van der Waals surface area contributed by atoms with Gasteiger partial charge in [-0.2, -0.15) is 0 Å². The van der Waals surface area contributed by atoms with Gasteiger partial charge >= 0.3 is 7.82 Å². The summed E-state index contributed by atoms with van der Waals surface area (Å²) in [7, 11) is -4.83. The average Bonchev–Trinajstić information content (AvgIpc) is 2.40. The molecule has 0 unspecified atom stereocenters. The van der Waals surface area contributed by atoms with E-state index in [1.807, 2.05) is 0 Å². The van der Waals surface area contributed by atoms with Gasteiger partial charge in [0.25, 0.3) is 0 Å². The van der Waals surface area contributed by atoms with E-state index in [0.29, 0.717) is 0 Å². The maximum atomic E-state index is 10.4. The second-order valence-electron chi connectivity index (χ2n) is 3.38. The summed E-state index contributed by atoms with van der Waals surface area (Å²) in [5.74, 6) is -2.46. The lowest BCUT2D eigenvalue weighted by Gasteiger charge is -2.25. The molecule has 0 radical (unpaired) electrons. The van der Waals surface area contributed by atoms with Gasteiger partial charge in [-0.3, -0.25) is 4.52 Å². The van der Waals surface area contributed by atoms with Gasteiger partial charge in [-0.05, 0) is 0 Å². The van der Waals surface area contributed by atoms with E-state index in [1.165, 1.54) is 0 Å². The molecule has 1 aliphatic heterocycles. The molecule has 1 saturated heterocycles. The molecule has 0 aromatic carbocycles. The third-order valence-corrected chi connectivity index (χ3v) is 2.61. The van der Waals surface area contributed by atoms with Crippen molar-refractivity contribution in [1.29, 1.82) is 0 Å². The second-order valence-corrected chi connectivity index (χ2v) is 4.62. The maximum Gasteiger partial charge on any atom is 0.469 e. The molecule has 0 amide bonds. The van der Waals surface area contributed by atoms with Crippen LogP contribution in [-0.2, 0) is 13.8 Å². The second kappa shape index (κ2) is 4.65. The Kier molecular flexibility index (Phi) is 4.06. The summed E-state index contributed by atoms with van der Waals surface area (Å²) in [4.78, 5) is 16.8. The number of hydrogen-bond acceptors (Lipinski definition) is 7. The van der Waals surface area contributed by atoms with E-state index in [9.17, 15) is 19.9 Å². The number of phosphoric acid groups is 1. The molecule has 96 valence electrons. The largest absolute Gasteiger partial charge is 0.469 e. The maximum absolute atomic E-state index is 10.4. The summed E-state index contributed by atoms with van der Waals surface area (Å²) in [6.07, 6.45) is -4.66. The van der Waals surface area contributed by atoms with Crippen molar-refractivity contribution in [1.82, 2.24) is 0 Å². The van der Waals surface area contributed by atoms with Gasteiger partial charge in [-0.25, -0.2) is 4.57 Å². The highest BCUT2D eigenvalue weighted by Crippen LogP contribution is 2.39. The van der Waals surface area contributed by atoms with Gasteiger partial charge in [0, 0.05) is 0 Å². The minimum absolute atomic E-state index is 0.670. The lowest BCUT2D eigenvalue weighted by atomic mass is 10.1. The fourth-order valence-corrected chi connectivity index (χ4v) is 1.67. The van der Waals surface area contributed by atoms with E-state index in [-0.39, 0.29) is 0 Å². The first-order chi connectivity index (χ1) is 7.19. The predicted octanol–water partition coefficient (Wildman–Crippen LogP) is -3.10. The molecule has 9 nitrogen and oxygen atoms in total. The normalized spacial score (nSPS) is 40.2. The molecule has 0 spiro atoms. The minimum Gasteiger partial charge on any atom is -0.394 e. The first kappa shape index (κ1) is 14.0. The van der Waals surface area contributed by atoms with Crippen LogP contribution >= 0.6 is 7.82 Å². The molecular formula is C6H13O9P. The van der Waals surface area contributed by atoms with Gasteiger partial charge in [0.05, 0.1) is 6.61 Å². The average molecular weight is 260 g/mol. The lowest BCUT2D eigenvalue weighted by Crippen LogP contribution is -2.46. The number of ether oxygens (including phenoxy) is 1. The van der Waals surface area contributed by atoms with Crippen LogP contribution in [0.1, 0.15) is 0 Å². The molecule has 10 heteroatoms. The Bertz CT molecular complexity index is 290. The number of aliphatic hydroxyl groups excluding tert-OH is 3. The third kappa shape index (κ3) is 2.98. The van der Waals surface area contributed by atoms with Gasteiger partial charge in [0.1, 0.15) is 24.9 Å². The Balaban J connectivity index is 2.67. The number of aliphatic hydroxyl groups is 4. The van der Waals surface area contributed by atoms with E-state index in [2.05, 4.69) is 9.26 Å². The molecule has 1 aliphatic rings. The van der Waals surface area contributed by atoms with Crippen LogP contribution in [0.25, 0.3) is 0 Å². The number of phosphoric ester groups is 1. The Morgan fingerprint density at radius 2 is 1.94 bits per heavy atom. The summed E-state index contributed by atoms with van der Waals surface area (Å²) in [5.41, 5.74) is 0. The van der Waals surface area contributed by atoms with Crippen molar-refractivity contribution >= 4 is 7.82 Å². The molecule has 1 heterocycles. The molecule has 0 aliphatic carbocycles. The number of rotatable bonds is 4. The van der Waals surface area contributed by atoms with Crippen molar-refractivity contribution in [2.75, 3.05) is 13.2 Å². The fourth-order valence-electron chi connectivity index (χ4n) is 1.31. The zero-order valence-electron chi connectivity index (χ0n) is 8.00. The van der Waals surface area contributed by atoms with Crippen LogP contribution in [0.5, 0.6) is 0 Å². The minimum atomic E-state index is -4.83. The Hall–Kier alpha value is -0.0900. The standard InChI is InChI=1S/C6H13O9P/c7-1-3-4(8)5(9)6(10,15-3)2-14-16(11,12)13/h3-5,7-10H,1-2H2,(H2,11,12,13)/t3-,4+,5-,6+/m0/s1. The molecule has 0 saturated carbocycles. The molecule has 0 aromatic heterocycles. The van der Waals surface area contributed by atoms with Crippen LogP contribution in [-0.4, -0.2) is 67.5 Å². The van der Waals surface area contributed by atoms with E-state index < -0.39 is 45.1 Å². The van der Waals surface area contributed by atoms with Crippen LogP contribution in [0.15, 0.2) is 0 Å². The van der Waals surface area contributed by atoms with Gasteiger partial charge in [0.2, 0.25) is 5.79 Å². The predicted molar refractivity (Wildman–Crippen MR) is 46.9 cm³/mol. The summed E-state index contributed by atoms with van der Waals surface area (Å²) < 4.78 is 19.0. The summed E-state index contributed by atoms with van der Waals surface area (Å²) >= 11 is 0. The van der Waals surface area contributed by atoms with E-state index in [4.69, 9.17) is 14.9 Å². The monoisotopic (exact) mass is 260 g/mol. The van der Waals surface area contributed by atoms with E-state index in [1.54, 1.807) is 0 Å². The summed E-state index contributed by atoms with van der Waals surface area (Å²) in [6.45, 7) is -1.71. The lowest BCUT2D eigenvalue weighted by molar-refractivity contribution is -0.245. The Morgan fingerprint density at radius 1 is 1.38 bits per heavy atom. The van der Waals surface area contributed by atoms with Crippen LogP contribution < -0.4 is 0 Å². The molecule has 16 heavy (non-hydrogen) atoms. The zero-order chi connectivity index (χ0) is 12.6. The van der Waals surface area contributed by atoms with Crippen LogP contribution in [0.2, 0.25) is 0 Å². The molecule has 6 N–H and O–H groups in total. The smallest absolute Gasteiger partial charge is 0.394 e. The first-order valence-electron chi connectivity index (χ1n) is 4.27. The third-order valence-electron chi connectivity index (χ3n) is 2.14. The van der Waals surface area contributed by atoms with Gasteiger partial charge < -0.3 is 34.9 Å². The van der Waals surface area contributed by atoms with Gasteiger partial charge in [-0.15, -0.1) is 0 Å². The first-order valence-corrected chi connectivity index (χ1v) is 5.80. The van der Waals surface area contributed by atoms with Gasteiger partial charge in [-0.1, -0.05) is 0 Å². The van der Waals surface area contributed by atoms with Crippen molar-refractivity contribution in [3.8, 4) is 0 Å². The Morgan fingerprint density at radius 3 is 2.31 bits per heavy atom. The summed E-state index contributed by atoms with van der Waals surface area (Å²) in [6, 6.07) is 0. The van der Waals surface area contributed by atoms with E-state index in [0.717, 1.165) is 0 Å². The highest BCUT2D eigenvalue weighted by Gasteiger charge is 2.54. The van der Waals surface area contributed by atoms with Crippen LogP contribution in [0.4, 0.5) is 0 Å². The zero-order valence-corrected chi connectivity index (χ0v) is 8.90. The molecule has 1 fully saturated rings. The van der Waals surface area contributed by atoms with Crippen LogP contribution in [0.3, 0.4) is 0 Å². The molecule has 1 rings (SSSR count). The molecule has 4 atom stereocenters. The van der Waals surface area contributed by atoms with E-state index >= 15 is 0 Å². The van der Waals surface area contributed by atoms with Crippen molar-refractivity contribution in [3.63, 3.8) is 0 Å². The number of hydrogen-bond donors (Lipinski definition) is 6. The fraction of sp³-hybridized carbons (Fsp3) is 1.00. The van der Waals surface area contributed by atoms with Crippen molar-refractivity contribution in [2.45, 2.75) is 24.1 Å². The summed E-state index contributed by atoms with van der Waals surface area (Å²) in [5, 5.41) is 36.9. The van der Waals surface area contributed by atoms with Crippen molar-refractivity contribution in [2.24, 2.45) is 0 Å². The van der Waals surface area contributed by atoms with Gasteiger partial charge in [0.15, 0.2) is 0 Å². The SMILES string of the molecule is O=P(O)(O)OC[C@@]1(O)O[C@@H](CO)[C@@H](O)[C@@H]1O.